The Morgan fingerprint density at radius 1 is 1.03 bits per heavy atom. The van der Waals surface area contributed by atoms with Crippen molar-refractivity contribution in [3.8, 4) is 0 Å². The van der Waals surface area contributed by atoms with Gasteiger partial charge in [0, 0.05) is 67.0 Å². The van der Waals surface area contributed by atoms with Crippen molar-refractivity contribution in [1.82, 2.24) is 14.8 Å². The van der Waals surface area contributed by atoms with E-state index >= 15 is 0 Å². The highest BCUT2D eigenvalue weighted by Crippen LogP contribution is 2.31. The van der Waals surface area contributed by atoms with Crippen molar-refractivity contribution < 1.29 is 19.5 Å². The number of rotatable bonds is 5. The van der Waals surface area contributed by atoms with Gasteiger partial charge < -0.3 is 20.3 Å². The summed E-state index contributed by atoms with van der Waals surface area (Å²) in [5.41, 5.74) is 2.59. The van der Waals surface area contributed by atoms with Gasteiger partial charge in [0.25, 0.3) is 5.91 Å². The Hall–Kier alpha value is -3.65. The Morgan fingerprint density at radius 2 is 1.74 bits per heavy atom. The number of hydrogen-bond donors (Lipinski definition) is 3. The molecule has 1 aliphatic heterocycles. The Morgan fingerprint density at radius 3 is 2.39 bits per heavy atom. The van der Waals surface area contributed by atoms with Crippen LogP contribution in [0.2, 0.25) is 0 Å². The second kappa shape index (κ2) is 8.61. The highest BCUT2D eigenvalue weighted by Gasteiger charge is 2.32. The van der Waals surface area contributed by atoms with Gasteiger partial charge in [-0.2, -0.15) is 0 Å². The van der Waals surface area contributed by atoms with E-state index in [-0.39, 0.29) is 11.8 Å². The topological polar surface area (TPSA) is 106 Å². The van der Waals surface area contributed by atoms with Gasteiger partial charge in [-0.15, -0.1) is 0 Å². The summed E-state index contributed by atoms with van der Waals surface area (Å²) in [6.45, 7) is 3.54. The van der Waals surface area contributed by atoms with E-state index in [0.29, 0.717) is 43.0 Å². The normalized spacial score (nSPS) is 15.6. The average Bonchev–Trinajstić information content (AvgIpc) is 3.17. The summed E-state index contributed by atoms with van der Waals surface area (Å²) in [5, 5.41) is 13.6. The molecule has 160 valence electrons. The van der Waals surface area contributed by atoms with Crippen LogP contribution in [0.4, 0.5) is 5.69 Å². The monoisotopic (exact) mass is 420 g/mol. The predicted octanol–water partition coefficient (Wildman–Crippen LogP) is 2.71. The first kappa shape index (κ1) is 20.6. The van der Waals surface area contributed by atoms with E-state index in [1.807, 2.05) is 17.0 Å². The highest BCUT2D eigenvalue weighted by atomic mass is 16.4. The number of H-pyrrole nitrogens is 1. The molecule has 0 bridgehead atoms. The van der Waals surface area contributed by atoms with Gasteiger partial charge >= 0.3 is 5.97 Å². The largest absolute Gasteiger partial charge is 0.480 e. The molecule has 3 N–H and O–H groups in total. The van der Waals surface area contributed by atoms with Crippen molar-refractivity contribution in [3.05, 3.63) is 65.9 Å². The molecule has 2 heterocycles. The van der Waals surface area contributed by atoms with Crippen LogP contribution in [-0.4, -0.2) is 63.9 Å². The second-order valence-electron chi connectivity index (χ2n) is 7.61. The Balaban J connectivity index is 1.56. The maximum Gasteiger partial charge on any atom is 0.325 e. The number of benzene rings is 2. The Kier molecular flexibility index (Phi) is 5.73. The molecule has 1 atom stereocenters. The number of amides is 2. The van der Waals surface area contributed by atoms with Gasteiger partial charge in [-0.05, 0) is 24.3 Å². The van der Waals surface area contributed by atoms with Crippen molar-refractivity contribution in [1.29, 1.82) is 0 Å². The molecule has 4 rings (SSSR count). The van der Waals surface area contributed by atoms with Gasteiger partial charge in [0.15, 0.2) is 0 Å². The molecule has 0 radical (unpaired) electrons. The van der Waals surface area contributed by atoms with Gasteiger partial charge in [0.2, 0.25) is 5.91 Å². The molecule has 0 unspecified atom stereocenters. The second-order valence-corrected chi connectivity index (χ2v) is 7.61. The number of piperazine rings is 1. The molecule has 1 aromatic heterocycles. The molecular weight excluding hydrogens is 396 g/mol. The summed E-state index contributed by atoms with van der Waals surface area (Å²) in [4.78, 5) is 42.9. The molecule has 8 heteroatoms. The van der Waals surface area contributed by atoms with Crippen LogP contribution in [0, 0.1) is 0 Å². The van der Waals surface area contributed by atoms with Crippen molar-refractivity contribution in [2.24, 2.45) is 0 Å². The summed E-state index contributed by atoms with van der Waals surface area (Å²) in [6, 6.07) is 13.5. The number of aromatic nitrogens is 1. The van der Waals surface area contributed by atoms with E-state index in [9.17, 15) is 19.5 Å². The number of carboxylic acids is 1. The van der Waals surface area contributed by atoms with Gasteiger partial charge in [-0.3, -0.25) is 19.3 Å². The van der Waals surface area contributed by atoms with Crippen LogP contribution in [0.15, 0.2) is 54.7 Å². The minimum atomic E-state index is -0.932. The van der Waals surface area contributed by atoms with Crippen LogP contribution in [0.1, 0.15) is 28.9 Å². The number of carboxylic acid groups (broad SMARTS) is 1. The van der Waals surface area contributed by atoms with Crippen molar-refractivity contribution >= 4 is 34.4 Å². The molecule has 2 aromatic carbocycles. The first-order valence-corrected chi connectivity index (χ1v) is 10.1. The fraction of sp³-hybridized carbons (Fsp3) is 0.261. The number of nitrogens with one attached hydrogen (secondary N) is 2. The van der Waals surface area contributed by atoms with Crippen molar-refractivity contribution in [3.63, 3.8) is 0 Å². The lowest BCUT2D eigenvalue weighted by Crippen LogP contribution is -2.50. The fourth-order valence-electron chi connectivity index (χ4n) is 4.03. The first-order valence-electron chi connectivity index (χ1n) is 10.1. The number of nitrogens with zero attached hydrogens (tertiary/aromatic N) is 2. The van der Waals surface area contributed by atoms with E-state index in [1.165, 1.54) is 6.92 Å². The number of carbonyl (C=O) groups is 3. The summed E-state index contributed by atoms with van der Waals surface area (Å²) in [5.74, 6) is -1.14. The van der Waals surface area contributed by atoms with E-state index in [1.54, 1.807) is 47.5 Å². The minimum absolute atomic E-state index is 0.00342. The van der Waals surface area contributed by atoms with Crippen molar-refractivity contribution in [2.75, 3.05) is 31.5 Å². The number of aromatic amines is 1. The van der Waals surface area contributed by atoms with Gasteiger partial charge in [-0.1, -0.05) is 24.3 Å². The average molecular weight is 420 g/mol. The molecule has 1 aliphatic rings. The number of carbonyl (C=O) groups excluding carboxylic acids is 2. The first-order chi connectivity index (χ1) is 14.9. The number of aliphatic carboxylic acids is 1. The smallest absolute Gasteiger partial charge is 0.325 e. The fourth-order valence-corrected chi connectivity index (χ4v) is 4.03. The molecule has 0 spiro atoms. The molecule has 0 aliphatic carbocycles. The Labute approximate surface area is 179 Å². The van der Waals surface area contributed by atoms with Gasteiger partial charge in [-0.25, -0.2) is 0 Å². The lowest BCUT2D eigenvalue weighted by Gasteiger charge is -2.37. The third kappa shape index (κ3) is 4.29. The molecule has 8 nitrogen and oxygen atoms in total. The Bertz CT molecular complexity index is 1120. The third-order valence-corrected chi connectivity index (χ3v) is 5.66. The molecule has 2 amide bonds. The lowest BCUT2D eigenvalue weighted by molar-refractivity contribution is -0.144. The van der Waals surface area contributed by atoms with E-state index < -0.39 is 12.0 Å². The highest BCUT2D eigenvalue weighted by molar-refractivity contribution is 6.05. The van der Waals surface area contributed by atoms with Crippen LogP contribution in [0.3, 0.4) is 0 Å². The summed E-state index contributed by atoms with van der Waals surface area (Å²) in [7, 11) is 0. The summed E-state index contributed by atoms with van der Waals surface area (Å²) in [6.07, 6.45) is 1.71. The number of hydrogen-bond acceptors (Lipinski definition) is 4. The molecule has 1 fully saturated rings. The lowest BCUT2D eigenvalue weighted by atomic mass is 10.0. The SMILES string of the molecule is CC(=O)N1CCN([C@H](C(=O)O)c2c[nH]c3cc(NC(=O)c4ccccc4)ccc23)CC1. The third-order valence-electron chi connectivity index (χ3n) is 5.66. The molecule has 0 saturated carbocycles. The number of anilines is 1. The van der Waals surface area contributed by atoms with Crippen LogP contribution in [0.5, 0.6) is 0 Å². The molecular formula is C23H24N4O4. The predicted molar refractivity (Wildman–Crippen MR) is 117 cm³/mol. The zero-order chi connectivity index (χ0) is 22.0. The zero-order valence-electron chi connectivity index (χ0n) is 17.2. The van der Waals surface area contributed by atoms with Gasteiger partial charge in [0.05, 0.1) is 0 Å². The van der Waals surface area contributed by atoms with E-state index in [0.717, 1.165) is 10.9 Å². The zero-order valence-corrected chi connectivity index (χ0v) is 17.2. The van der Waals surface area contributed by atoms with Crippen LogP contribution >= 0.6 is 0 Å². The van der Waals surface area contributed by atoms with Crippen molar-refractivity contribution in [2.45, 2.75) is 13.0 Å². The molecule has 31 heavy (non-hydrogen) atoms. The minimum Gasteiger partial charge on any atom is -0.480 e. The van der Waals surface area contributed by atoms with E-state index in [2.05, 4.69) is 10.3 Å². The quantitative estimate of drug-likeness (QED) is 0.589. The van der Waals surface area contributed by atoms with E-state index in [4.69, 9.17) is 0 Å². The van der Waals surface area contributed by atoms with Crippen LogP contribution in [-0.2, 0) is 9.59 Å². The maximum atomic E-state index is 12.4. The standard InChI is InChI=1S/C23H24N4O4/c1-15(28)26-9-11-27(12-10-26)21(23(30)31)19-14-24-20-13-17(7-8-18(19)20)25-22(29)16-5-3-2-4-6-16/h2-8,13-14,21,24H,9-12H2,1H3,(H,25,29)(H,30,31)/t21-/m0/s1. The van der Waals surface area contributed by atoms with Crippen LogP contribution < -0.4 is 5.32 Å². The molecule has 3 aromatic rings. The van der Waals surface area contributed by atoms with Crippen LogP contribution in [0.25, 0.3) is 10.9 Å². The number of fused-ring (bicyclic) bond motifs is 1. The molecule has 1 saturated heterocycles. The summed E-state index contributed by atoms with van der Waals surface area (Å²) < 4.78 is 0. The van der Waals surface area contributed by atoms with Gasteiger partial charge in [0.1, 0.15) is 6.04 Å². The summed E-state index contributed by atoms with van der Waals surface area (Å²) >= 11 is 0. The maximum absolute atomic E-state index is 12.4.